The number of nitrogens with one attached hydrogen (secondary N) is 1. The van der Waals surface area contributed by atoms with Gasteiger partial charge in [0.05, 0.1) is 23.7 Å². The molecular weight excluding hydrogens is 444 g/mol. The molecule has 0 amide bonds. The smallest absolute Gasteiger partial charge is 0.292 e. The van der Waals surface area contributed by atoms with Gasteiger partial charge < -0.3 is 25.7 Å². The monoisotopic (exact) mass is 472 g/mol. The summed E-state index contributed by atoms with van der Waals surface area (Å²) in [5.41, 5.74) is 10.9. The molecule has 2 aromatic rings. The summed E-state index contributed by atoms with van der Waals surface area (Å²) in [4.78, 5) is 15.3. The lowest BCUT2D eigenvalue weighted by Crippen LogP contribution is -2.62. The zero-order valence-corrected chi connectivity index (χ0v) is 18.4. The maximum Gasteiger partial charge on any atom is 0.292 e. The van der Waals surface area contributed by atoms with Crippen molar-refractivity contribution >= 4 is 17.1 Å². The van der Waals surface area contributed by atoms with Crippen molar-refractivity contribution in [1.82, 2.24) is 4.90 Å². The van der Waals surface area contributed by atoms with Crippen molar-refractivity contribution in [3.05, 3.63) is 74.1 Å². The summed E-state index contributed by atoms with van der Waals surface area (Å²) in [5, 5.41) is 57.5. The van der Waals surface area contributed by atoms with Crippen molar-refractivity contribution in [2.75, 3.05) is 31.6 Å². The minimum Gasteiger partial charge on any atom is -0.395 e. The predicted molar refractivity (Wildman–Crippen MR) is 125 cm³/mol. The van der Waals surface area contributed by atoms with E-state index in [0.717, 1.165) is 11.1 Å². The molecule has 0 aliphatic carbocycles. The lowest BCUT2D eigenvalue weighted by molar-refractivity contribution is -0.383. The van der Waals surface area contributed by atoms with Gasteiger partial charge in [0, 0.05) is 36.3 Å². The fourth-order valence-corrected chi connectivity index (χ4v) is 4.21. The molecule has 0 unspecified atom stereocenters. The Morgan fingerprint density at radius 3 is 2.50 bits per heavy atom. The Bertz CT molecular complexity index is 1050. The van der Waals surface area contributed by atoms with Crippen LogP contribution in [0, 0.1) is 10.1 Å². The highest BCUT2D eigenvalue weighted by Crippen LogP contribution is 2.29. The van der Waals surface area contributed by atoms with Gasteiger partial charge in [0.1, 0.15) is 17.9 Å². The van der Waals surface area contributed by atoms with Crippen molar-refractivity contribution in [2.45, 2.75) is 37.2 Å². The highest BCUT2D eigenvalue weighted by molar-refractivity contribution is 5.66. The van der Waals surface area contributed by atoms with Gasteiger partial charge >= 0.3 is 0 Å². The third-order valence-corrected chi connectivity index (χ3v) is 6.05. The minimum atomic E-state index is -1.29. The molecule has 182 valence electrons. The number of aliphatic hydroxyl groups is 4. The molecule has 34 heavy (non-hydrogen) atoms. The van der Waals surface area contributed by atoms with Crippen molar-refractivity contribution in [3.8, 4) is 0 Å². The molecule has 12 nitrogen and oxygen atoms in total. The van der Waals surface area contributed by atoms with Gasteiger partial charge in [-0.2, -0.15) is 0 Å². The largest absolute Gasteiger partial charge is 0.395 e. The number of likely N-dealkylation sites (tertiary alicyclic amines) is 1. The van der Waals surface area contributed by atoms with Gasteiger partial charge in [-0.05, 0) is 35.6 Å². The fourth-order valence-electron chi connectivity index (χ4n) is 4.21. The minimum absolute atomic E-state index is 0.142. The quantitative estimate of drug-likeness (QED) is 0.113. The molecule has 1 fully saturated rings. The summed E-state index contributed by atoms with van der Waals surface area (Å²) >= 11 is 0. The number of benzene rings is 2. The molecule has 0 bridgehead atoms. The number of piperidine rings is 1. The summed E-state index contributed by atoms with van der Waals surface area (Å²) in [6.07, 6.45) is -2.47. The second-order valence-electron chi connectivity index (χ2n) is 8.14. The third kappa shape index (κ3) is 6.00. The first-order chi connectivity index (χ1) is 16.3. The first-order valence-electron chi connectivity index (χ1n) is 10.9. The van der Waals surface area contributed by atoms with Crippen LogP contribution in [0.1, 0.15) is 11.1 Å². The summed E-state index contributed by atoms with van der Waals surface area (Å²) in [7, 11) is 0. The number of β-amino-alcohol motifs (C(OH)–C–C–N with tert-alkyl or cyclic N) is 1. The molecule has 2 aromatic carbocycles. The highest BCUT2D eigenvalue weighted by Gasteiger charge is 2.40. The molecule has 0 aromatic heterocycles. The van der Waals surface area contributed by atoms with E-state index in [4.69, 9.17) is 5.53 Å². The fraction of sp³-hybridized carbons (Fsp3) is 0.455. The molecule has 4 atom stereocenters. The Kier molecular flexibility index (Phi) is 8.77. The Labute approximate surface area is 195 Å². The number of nitro groups is 1. The number of anilines is 1. The van der Waals surface area contributed by atoms with Gasteiger partial charge in [-0.3, -0.25) is 15.0 Å². The molecular formula is C22H28N6O6. The van der Waals surface area contributed by atoms with E-state index in [2.05, 4.69) is 15.3 Å². The average Bonchev–Trinajstić information content (AvgIpc) is 2.83. The number of azide groups is 1. The molecule has 0 saturated carbocycles. The Balaban J connectivity index is 1.64. The van der Waals surface area contributed by atoms with Crippen LogP contribution < -0.4 is 5.32 Å². The van der Waals surface area contributed by atoms with Gasteiger partial charge in [-0.1, -0.05) is 35.4 Å². The topological polar surface area (TPSA) is 188 Å². The molecule has 1 heterocycles. The van der Waals surface area contributed by atoms with Crippen LogP contribution in [0.25, 0.3) is 10.4 Å². The molecule has 5 N–H and O–H groups in total. The van der Waals surface area contributed by atoms with Gasteiger partial charge in [-0.15, -0.1) is 0 Å². The number of aliphatic hydroxyl groups excluding tert-OH is 4. The summed E-state index contributed by atoms with van der Waals surface area (Å²) in [5.74, 6) is 0. The first-order valence-corrected chi connectivity index (χ1v) is 10.9. The van der Waals surface area contributed by atoms with Crippen LogP contribution in [0.2, 0.25) is 0 Å². The van der Waals surface area contributed by atoms with E-state index >= 15 is 0 Å². The van der Waals surface area contributed by atoms with Crippen LogP contribution in [-0.2, 0) is 12.8 Å². The van der Waals surface area contributed by atoms with E-state index in [-0.39, 0.29) is 24.5 Å². The summed E-state index contributed by atoms with van der Waals surface area (Å²) in [6, 6.07) is 11.3. The van der Waals surface area contributed by atoms with Crippen LogP contribution in [0.15, 0.2) is 47.6 Å². The van der Waals surface area contributed by atoms with Crippen LogP contribution in [0.4, 0.5) is 17.1 Å². The first kappa shape index (κ1) is 25.4. The Morgan fingerprint density at radius 1 is 1.15 bits per heavy atom. The van der Waals surface area contributed by atoms with Crippen molar-refractivity contribution in [3.63, 3.8) is 0 Å². The lowest BCUT2D eigenvalue weighted by Gasteiger charge is -2.43. The molecule has 1 saturated heterocycles. The van der Waals surface area contributed by atoms with Crippen molar-refractivity contribution in [1.29, 1.82) is 0 Å². The van der Waals surface area contributed by atoms with E-state index < -0.39 is 29.3 Å². The summed E-state index contributed by atoms with van der Waals surface area (Å²) in [6.45, 7) is 0.685. The van der Waals surface area contributed by atoms with E-state index in [1.54, 1.807) is 4.90 Å². The molecule has 0 radical (unpaired) electrons. The van der Waals surface area contributed by atoms with Gasteiger partial charge in [-0.25, -0.2) is 0 Å². The molecule has 0 spiro atoms. The summed E-state index contributed by atoms with van der Waals surface area (Å²) < 4.78 is 0. The van der Waals surface area contributed by atoms with Crippen LogP contribution in [0.3, 0.4) is 0 Å². The molecule has 12 heteroatoms. The molecule has 1 aliphatic heterocycles. The second-order valence-corrected chi connectivity index (χ2v) is 8.14. The zero-order chi connectivity index (χ0) is 24.7. The zero-order valence-electron chi connectivity index (χ0n) is 18.4. The van der Waals surface area contributed by atoms with Crippen LogP contribution in [0.5, 0.6) is 0 Å². The molecule has 3 rings (SSSR count). The van der Waals surface area contributed by atoms with E-state index in [0.29, 0.717) is 31.6 Å². The van der Waals surface area contributed by atoms with Gasteiger partial charge in [0.25, 0.3) is 5.69 Å². The second kappa shape index (κ2) is 11.7. The highest BCUT2D eigenvalue weighted by atomic mass is 16.6. The van der Waals surface area contributed by atoms with Crippen LogP contribution >= 0.6 is 0 Å². The Hall–Kier alpha value is -3.25. The standard InChI is InChI=1S/C22H28N6O6/c23-26-25-16-5-6-17(18(11-16)28(33)34)24-9-7-14-3-1-2-4-15(14)8-10-27-12-20(30)22(32)21(31)19(27)13-29/h1-6,11,19-22,24,29-32H,7-10,12-13H2/t19-,20+,21-,22-/m1/s1. The maximum absolute atomic E-state index is 11.4. The van der Waals surface area contributed by atoms with Gasteiger partial charge in [0.15, 0.2) is 0 Å². The number of hydrogen-bond acceptors (Lipinski definition) is 9. The lowest BCUT2D eigenvalue weighted by atomic mass is 9.93. The van der Waals surface area contributed by atoms with Crippen molar-refractivity contribution < 1.29 is 25.3 Å². The van der Waals surface area contributed by atoms with E-state index in [1.807, 2.05) is 24.3 Å². The normalized spacial score (nSPS) is 22.7. The molecule has 1 aliphatic rings. The third-order valence-electron chi connectivity index (χ3n) is 6.05. The predicted octanol–water partition coefficient (Wildman–Crippen LogP) is 1.49. The Morgan fingerprint density at radius 2 is 1.85 bits per heavy atom. The van der Waals surface area contributed by atoms with E-state index in [1.165, 1.54) is 18.2 Å². The number of nitro benzene ring substituents is 1. The number of rotatable bonds is 10. The van der Waals surface area contributed by atoms with Gasteiger partial charge in [0.2, 0.25) is 0 Å². The SMILES string of the molecule is [N-]=[N+]=Nc1ccc(NCCc2ccccc2CCN2C[C@H](O)[C@@H](O)[C@H](O)[C@H]2CO)c([N+](=O)[O-])c1. The van der Waals surface area contributed by atoms with Crippen LogP contribution in [-0.4, -0.2) is 80.8 Å². The van der Waals surface area contributed by atoms with E-state index in [9.17, 15) is 30.5 Å². The average molecular weight is 473 g/mol. The number of nitrogens with zero attached hydrogens (tertiary/aromatic N) is 5. The van der Waals surface area contributed by atoms with Crippen molar-refractivity contribution in [2.24, 2.45) is 5.11 Å². The maximum atomic E-state index is 11.4. The number of hydrogen-bond donors (Lipinski definition) is 5.